The van der Waals surface area contributed by atoms with Crippen LogP contribution < -0.4 is 5.32 Å². The van der Waals surface area contributed by atoms with E-state index in [-0.39, 0.29) is 0 Å². The monoisotopic (exact) mass is 240 g/mol. The third-order valence-electron chi connectivity index (χ3n) is 2.51. The first-order chi connectivity index (χ1) is 8.01. The number of carboxylic acid groups (broad SMARTS) is 1. The van der Waals surface area contributed by atoms with Crippen molar-refractivity contribution < 1.29 is 19.2 Å². The molecule has 1 heterocycles. The highest BCUT2D eigenvalue weighted by Crippen LogP contribution is 2.14. The summed E-state index contributed by atoms with van der Waals surface area (Å²) < 4.78 is 4.93. The maximum Gasteiger partial charge on any atom is 0.326 e. The van der Waals surface area contributed by atoms with Crippen LogP contribution in [0.4, 0.5) is 0 Å². The fourth-order valence-corrected chi connectivity index (χ4v) is 1.52. The molecule has 0 fully saturated rings. The van der Waals surface area contributed by atoms with Crippen LogP contribution >= 0.6 is 0 Å². The topological polar surface area (TPSA) is 92.4 Å². The number of amides is 1. The fraction of sp³-hybridized carbons (Fsp3) is 0.545. The Morgan fingerprint density at radius 3 is 2.59 bits per heavy atom. The van der Waals surface area contributed by atoms with Gasteiger partial charge in [0.1, 0.15) is 17.4 Å². The number of hydrogen-bond acceptors (Lipinski definition) is 4. The van der Waals surface area contributed by atoms with Gasteiger partial charge in [0, 0.05) is 0 Å². The molecule has 6 nitrogen and oxygen atoms in total. The Bertz CT molecular complexity index is 425. The molecule has 0 radical (unpaired) electrons. The summed E-state index contributed by atoms with van der Waals surface area (Å²) in [5.74, 6) is -1.09. The van der Waals surface area contributed by atoms with Gasteiger partial charge in [0.25, 0.3) is 5.91 Å². The zero-order chi connectivity index (χ0) is 13.0. The van der Waals surface area contributed by atoms with Gasteiger partial charge in [-0.2, -0.15) is 0 Å². The van der Waals surface area contributed by atoms with E-state index < -0.39 is 17.9 Å². The van der Waals surface area contributed by atoms with Crippen molar-refractivity contribution in [2.45, 2.75) is 39.7 Å². The Morgan fingerprint density at radius 2 is 2.12 bits per heavy atom. The lowest BCUT2D eigenvalue weighted by atomic mass is 10.1. The van der Waals surface area contributed by atoms with Crippen molar-refractivity contribution >= 4 is 11.9 Å². The second-order valence-corrected chi connectivity index (χ2v) is 3.69. The van der Waals surface area contributed by atoms with Gasteiger partial charge in [0.05, 0.1) is 5.69 Å². The van der Waals surface area contributed by atoms with Crippen LogP contribution in [0, 0.1) is 6.92 Å². The van der Waals surface area contributed by atoms with Crippen LogP contribution in [0.2, 0.25) is 0 Å². The Balaban J connectivity index is 2.89. The molecule has 6 heteroatoms. The van der Waals surface area contributed by atoms with Crippen LogP contribution in [0.1, 0.15) is 42.1 Å². The minimum Gasteiger partial charge on any atom is -0.480 e. The summed E-state index contributed by atoms with van der Waals surface area (Å²) in [4.78, 5) is 22.7. The number of rotatable bonds is 5. The summed E-state index contributed by atoms with van der Waals surface area (Å²) in [7, 11) is 0. The average Bonchev–Trinajstić information content (AvgIpc) is 2.66. The molecule has 2 N–H and O–H groups in total. The third-order valence-corrected chi connectivity index (χ3v) is 2.51. The molecule has 0 aliphatic rings. The van der Waals surface area contributed by atoms with E-state index in [1.807, 2.05) is 6.92 Å². The highest BCUT2D eigenvalue weighted by Gasteiger charge is 2.24. The lowest BCUT2D eigenvalue weighted by Gasteiger charge is -2.11. The molecule has 17 heavy (non-hydrogen) atoms. The molecule has 1 aromatic rings. The number of aliphatic carboxylic acids is 1. The summed E-state index contributed by atoms with van der Waals surface area (Å²) in [5.41, 5.74) is 0.882. The highest BCUT2D eigenvalue weighted by molar-refractivity contribution is 5.98. The lowest BCUT2D eigenvalue weighted by Crippen LogP contribution is -2.40. The van der Waals surface area contributed by atoms with E-state index in [2.05, 4.69) is 10.5 Å². The van der Waals surface area contributed by atoms with Gasteiger partial charge in [-0.15, -0.1) is 0 Å². The number of aryl methyl sites for hydroxylation is 2. The molecule has 1 atom stereocenters. The predicted octanol–water partition coefficient (Wildman–Crippen LogP) is 1.14. The maximum atomic E-state index is 11.9. The minimum atomic E-state index is -1.05. The molecule has 0 saturated heterocycles. The van der Waals surface area contributed by atoms with Gasteiger partial charge >= 0.3 is 5.97 Å². The molecule has 0 aliphatic heterocycles. The Kier molecular flexibility index (Phi) is 4.25. The number of carboxylic acids is 1. The van der Waals surface area contributed by atoms with Gasteiger partial charge in [0.15, 0.2) is 0 Å². The third kappa shape index (κ3) is 2.83. The molecule has 0 spiro atoms. The minimum absolute atomic E-state index is 0.326. The van der Waals surface area contributed by atoms with E-state index in [1.165, 1.54) is 0 Å². The van der Waals surface area contributed by atoms with E-state index in [4.69, 9.17) is 9.63 Å². The summed E-state index contributed by atoms with van der Waals surface area (Å²) in [6.07, 6.45) is 0.886. The molecular weight excluding hydrogens is 224 g/mol. The van der Waals surface area contributed by atoms with Crippen molar-refractivity contribution in [2.24, 2.45) is 0 Å². The normalized spacial score (nSPS) is 12.2. The van der Waals surface area contributed by atoms with Crippen LogP contribution in [0.15, 0.2) is 4.52 Å². The second kappa shape index (κ2) is 5.47. The fourth-order valence-electron chi connectivity index (χ4n) is 1.52. The molecule has 1 aromatic heterocycles. The molecule has 0 bridgehead atoms. The smallest absolute Gasteiger partial charge is 0.326 e. The van der Waals surface area contributed by atoms with Crippen molar-refractivity contribution in [3.05, 3.63) is 17.0 Å². The van der Waals surface area contributed by atoms with E-state index in [0.29, 0.717) is 29.9 Å². The van der Waals surface area contributed by atoms with Crippen LogP contribution in [-0.4, -0.2) is 28.2 Å². The molecule has 0 aliphatic carbocycles. The van der Waals surface area contributed by atoms with E-state index in [0.717, 1.165) is 0 Å². The molecule has 0 unspecified atom stereocenters. The van der Waals surface area contributed by atoms with E-state index >= 15 is 0 Å². The molecule has 0 saturated carbocycles. The first-order valence-corrected chi connectivity index (χ1v) is 5.50. The van der Waals surface area contributed by atoms with Gasteiger partial charge in [-0.25, -0.2) is 4.79 Å². The van der Waals surface area contributed by atoms with Crippen molar-refractivity contribution in [1.82, 2.24) is 10.5 Å². The summed E-state index contributed by atoms with van der Waals surface area (Å²) in [6, 6.07) is -0.887. The van der Waals surface area contributed by atoms with Crippen molar-refractivity contribution in [1.29, 1.82) is 0 Å². The Labute approximate surface area is 99.0 Å². The summed E-state index contributed by atoms with van der Waals surface area (Å²) in [5, 5.41) is 15.1. The molecule has 0 aromatic carbocycles. The Hall–Kier alpha value is -1.85. The van der Waals surface area contributed by atoms with Crippen LogP contribution in [0.25, 0.3) is 0 Å². The van der Waals surface area contributed by atoms with Crippen LogP contribution in [0.3, 0.4) is 0 Å². The summed E-state index contributed by atoms with van der Waals surface area (Å²) >= 11 is 0. The second-order valence-electron chi connectivity index (χ2n) is 3.69. The number of carbonyl (C=O) groups excluding carboxylic acids is 1. The van der Waals surface area contributed by atoms with Gasteiger partial charge < -0.3 is 14.9 Å². The first-order valence-electron chi connectivity index (χ1n) is 5.50. The zero-order valence-corrected chi connectivity index (χ0v) is 10.1. The standard InChI is InChI=1S/C11H16N2O4/c1-4-7-9(6(3)17-13-7)10(14)12-8(5-2)11(15)16/h8H,4-5H2,1-3H3,(H,12,14)(H,15,16)/t8-/m0/s1. The van der Waals surface area contributed by atoms with E-state index in [9.17, 15) is 9.59 Å². The zero-order valence-electron chi connectivity index (χ0n) is 10.1. The highest BCUT2D eigenvalue weighted by atomic mass is 16.5. The lowest BCUT2D eigenvalue weighted by molar-refractivity contribution is -0.139. The largest absolute Gasteiger partial charge is 0.480 e. The number of carbonyl (C=O) groups is 2. The van der Waals surface area contributed by atoms with Crippen molar-refractivity contribution in [2.75, 3.05) is 0 Å². The number of nitrogens with zero attached hydrogens (tertiary/aromatic N) is 1. The number of hydrogen-bond donors (Lipinski definition) is 2. The van der Waals surface area contributed by atoms with Gasteiger partial charge in [0.2, 0.25) is 0 Å². The SMILES string of the molecule is CCc1noc(C)c1C(=O)N[C@@H](CC)C(=O)O. The van der Waals surface area contributed by atoms with E-state index in [1.54, 1.807) is 13.8 Å². The molecule has 94 valence electrons. The predicted molar refractivity (Wildman–Crippen MR) is 59.8 cm³/mol. The average molecular weight is 240 g/mol. The molecular formula is C11H16N2O4. The number of aromatic nitrogens is 1. The first kappa shape index (κ1) is 13.2. The number of nitrogens with one attached hydrogen (secondary N) is 1. The van der Waals surface area contributed by atoms with Gasteiger partial charge in [-0.3, -0.25) is 4.79 Å². The summed E-state index contributed by atoms with van der Waals surface area (Å²) in [6.45, 7) is 5.17. The van der Waals surface area contributed by atoms with Crippen molar-refractivity contribution in [3.63, 3.8) is 0 Å². The van der Waals surface area contributed by atoms with Crippen molar-refractivity contribution in [3.8, 4) is 0 Å². The van der Waals surface area contributed by atoms with Gasteiger partial charge in [-0.1, -0.05) is 19.0 Å². The van der Waals surface area contributed by atoms with Crippen LogP contribution in [-0.2, 0) is 11.2 Å². The van der Waals surface area contributed by atoms with Gasteiger partial charge in [-0.05, 0) is 19.8 Å². The van der Waals surface area contributed by atoms with Crippen LogP contribution in [0.5, 0.6) is 0 Å². The molecule has 1 rings (SSSR count). The Morgan fingerprint density at radius 1 is 1.47 bits per heavy atom. The molecule has 1 amide bonds. The maximum absolute atomic E-state index is 11.9. The quantitative estimate of drug-likeness (QED) is 0.805.